The summed E-state index contributed by atoms with van der Waals surface area (Å²) in [6.07, 6.45) is -0.740. The first-order valence-electron chi connectivity index (χ1n) is 7.95. The van der Waals surface area contributed by atoms with Gasteiger partial charge in [0.25, 0.3) is 0 Å². The van der Waals surface area contributed by atoms with E-state index in [4.69, 9.17) is 14.2 Å². The van der Waals surface area contributed by atoms with Crippen LogP contribution in [0.3, 0.4) is 0 Å². The van der Waals surface area contributed by atoms with Crippen LogP contribution in [-0.2, 0) is 14.2 Å². The Hall–Kier alpha value is -2.92. The van der Waals surface area contributed by atoms with Crippen LogP contribution in [0.1, 0.15) is 27.1 Å². The van der Waals surface area contributed by atoms with Gasteiger partial charge in [-0.1, -0.05) is 43.0 Å². The van der Waals surface area contributed by atoms with E-state index in [9.17, 15) is 9.59 Å². The first-order chi connectivity index (χ1) is 12.1. The average molecular weight is 338 g/mol. The van der Waals surface area contributed by atoms with Gasteiger partial charge in [-0.05, 0) is 29.8 Å². The zero-order valence-electron chi connectivity index (χ0n) is 13.6. The molecule has 2 unspecified atom stereocenters. The van der Waals surface area contributed by atoms with Crippen molar-refractivity contribution in [3.05, 3.63) is 83.9 Å². The van der Waals surface area contributed by atoms with Gasteiger partial charge < -0.3 is 14.2 Å². The van der Waals surface area contributed by atoms with Crippen LogP contribution in [0.15, 0.2) is 72.8 Å². The molecule has 0 radical (unpaired) electrons. The number of carbonyl (C=O) groups is 2. The van der Waals surface area contributed by atoms with Gasteiger partial charge in [-0.25, -0.2) is 9.59 Å². The molecule has 25 heavy (non-hydrogen) atoms. The monoisotopic (exact) mass is 338 g/mol. The lowest BCUT2D eigenvalue weighted by Gasteiger charge is -2.14. The summed E-state index contributed by atoms with van der Waals surface area (Å²) in [4.78, 5) is 24.0. The molecule has 0 amide bonds. The highest BCUT2D eigenvalue weighted by Crippen LogP contribution is 2.26. The number of esters is 2. The zero-order valence-corrected chi connectivity index (χ0v) is 13.6. The Kier molecular flexibility index (Phi) is 5.26. The highest BCUT2D eigenvalue weighted by molar-refractivity contribution is 5.89. The number of carbonyl (C=O) groups excluding carboxylic acids is 2. The molecule has 2 atom stereocenters. The van der Waals surface area contributed by atoms with Crippen molar-refractivity contribution in [2.75, 3.05) is 6.61 Å². The molecule has 128 valence electrons. The summed E-state index contributed by atoms with van der Waals surface area (Å²) in [6, 6.07) is 17.4. The Labute approximate surface area is 145 Å². The quantitative estimate of drug-likeness (QED) is 0.618. The molecule has 0 aromatic heterocycles. The predicted octanol–water partition coefficient (Wildman–Crippen LogP) is 3.37. The van der Waals surface area contributed by atoms with Crippen LogP contribution in [0.25, 0.3) is 0 Å². The predicted molar refractivity (Wildman–Crippen MR) is 91.0 cm³/mol. The fourth-order valence-electron chi connectivity index (χ4n) is 2.48. The Morgan fingerprint density at radius 1 is 0.960 bits per heavy atom. The third-order valence-electron chi connectivity index (χ3n) is 3.77. The van der Waals surface area contributed by atoms with Gasteiger partial charge in [-0.3, -0.25) is 0 Å². The third kappa shape index (κ3) is 4.33. The van der Waals surface area contributed by atoms with E-state index in [2.05, 4.69) is 6.58 Å². The number of hydrogen-bond acceptors (Lipinski definition) is 5. The van der Waals surface area contributed by atoms with E-state index in [1.807, 2.05) is 12.1 Å². The van der Waals surface area contributed by atoms with Crippen molar-refractivity contribution in [3.63, 3.8) is 0 Å². The lowest BCUT2D eigenvalue weighted by Crippen LogP contribution is -2.23. The van der Waals surface area contributed by atoms with E-state index < -0.39 is 18.2 Å². The molecule has 0 bridgehead atoms. The van der Waals surface area contributed by atoms with Crippen LogP contribution in [0.4, 0.5) is 0 Å². The molecule has 0 saturated carbocycles. The Morgan fingerprint density at radius 3 is 2.12 bits per heavy atom. The molecule has 0 aliphatic carbocycles. The van der Waals surface area contributed by atoms with Crippen LogP contribution in [0.2, 0.25) is 0 Å². The molecule has 1 aliphatic rings. The van der Waals surface area contributed by atoms with E-state index in [1.54, 1.807) is 48.5 Å². The van der Waals surface area contributed by atoms with Gasteiger partial charge >= 0.3 is 11.9 Å². The highest BCUT2D eigenvalue weighted by Gasteiger charge is 2.32. The van der Waals surface area contributed by atoms with Crippen LogP contribution in [0.5, 0.6) is 0 Å². The van der Waals surface area contributed by atoms with E-state index >= 15 is 0 Å². The second kappa shape index (κ2) is 7.77. The van der Waals surface area contributed by atoms with E-state index in [1.165, 1.54) is 0 Å². The first kappa shape index (κ1) is 16.9. The second-order valence-corrected chi connectivity index (χ2v) is 5.69. The largest absolute Gasteiger partial charge is 0.459 e. The maximum Gasteiger partial charge on any atom is 0.340 e. The topological polar surface area (TPSA) is 61.8 Å². The second-order valence-electron chi connectivity index (χ2n) is 5.69. The summed E-state index contributed by atoms with van der Waals surface area (Å²) in [6.45, 7) is 3.95. The molecule has 1 heterocycles. The minimum atomic E-state index is -0.826. The molecule has 5 nitrogen and oxygen atoms in total. The van der Waals surface area contributed by atoms with Crippen LogP contribution < -0.4 is 0 Å². The SMILES string of the molecule is C=C1CC(COC(=O)c2ccccc2)OC1OC(=O)c1ccccc1. The number of ether oxygens (including phenoxy) is 3. The van der Waals surface area contributed by atoms with Gasteiger partial charge in [0.2, 0.25) is 6.29 Å². The molecule has 3 rings (SSSR count). The Balaban J connectivity index is 1.51. The van der Waals surface area contributed by atoms with Gasteiger partial charge in [-0.2, -0.15) is 0 Å². The standard InChI is InChI=1S/C20H18O5/c1-14-12-17(13-23-18(21)15-8-4-2-5-9-15)24-20(14)25-19(22)16-10-6-3-7-11-16/h2-11,17,20H,1,12-13H2. The summed E-state index contributed by atoms with van der Waals surface area (Å²) in [5, 5.41) is 0. The van der Waals surface area contributed by atoms with Gasteiger partial charge in [0.15, 0.2) is 0 Å². The van der Waals surface area contributed by atoms with Crippen molar-refractivity contribution in [2.45, 2.75) is 18.8 Å². The number of benzene rings is 2. The van der Waals surface area contributed by atoms with Crippen LogP contribution in [0, 0.1) is 0 Å². The van der Waals surface area contributed by atoms with Crippen molar-refractivity contribution in [2.24, 2.45) is 0 Å². The minimum absolute atomic E-state index is 0.0755. The normalized spacial score (nSPS) is 19.4. The molecule has 1 saturated heterocycles. The molecule has 1 aliphatic heterocycles. The van der Waals surface area contributed by atoms with Crippen LogP contribution >= 0.6 is 0 Å². The first-order valence-corrected chi connectivity index (χ1v) is 7.95. The zero-order chi connectivity index (χ0) is 17.6. The fraction of sp³-hybridized carbons (Fsp3) is 0.200. The van der Waals surface area contributed by atoms with Gasteiger partial charge in [-0.15, -0.1) is 0 Å². The number of hydrogen-bond donors (Lipinski definition) is 0. The van der Waals surface area contributed by atoms with E-state index in [-0.39, 0.29) is 12.7 Å². The smallest absolute Gasteiger partial charge is 0.340 e. The summed E-state index contributed by atoms with van der Waals surface area (Å²) < 4.78 is 16.2. The van der Waals surface area contributed by atoms with Crippen molar-refractivity contribution in [3.8, 4) is 0 Å². The summed E-state index contributed by atoms with van der Waals surface area (Å²) >= 11 is 0. The van der Waals surface area contributed by atoms with E-state index in [0.717, 1.165) is 0 Å². The van der Waals surface area contributed by atoms with Crippen molar-refractivity contribution in [1.82, 2.24) is 0 Å². The molecular weight excluding hydrogens is 320 g/mol. The molecule has 1 fully saturated rings. The number of rotatable bonds is 5. The van der Waals surface area contributed by atoms with Crippen LogP contribution in [-0.4, -0.2) is 30.9 Å². The molecule has 0 spiro atoms. The third-order valence-corrected chi connectivity index (χ3v) is 3.77. The lowest BCUT2D eigenvalue weighted by molar-refractivity contribution is -0.101. The Bertz CT molecular complexity index is 754. The van der Waals surface area contributed by atoms with Crippen molar-refractivity contribution in [1.29, 1.82) is 0 Å². The summed E-state index contributed by atoms with van der Waals surface area (Å²) in [7, 11) is 0. The highest BCUT2D eigenvalue weighted by atomic mass is 16.7. The van der Waals surface area contributed by atoms with E-state index in [0.29, 0.717) is 23.1 Å². The lowest BCUT2D eigenvalue weighted by atomic mass is 10.2. The van der Waals surface area contributed by atoms with Gasteiger partial charge in [0.1, 0.15) is 12.7 Å². The average Bonchev–Trinajstić information content (AvgIpc) is 3.00. The molecule has 5 heteroatoms. The maximum atomic E-state index is 12.1. The van der Waals surface area contributed by atoms with Crippen molar-refractivity contribution >= 4 is 11.9 Å². The molecule has 0 N–H and O–H groups in total. The molecular formula is C20H18O5. The summed E-state index contributed by atoms with van der Waals surface area (Å²) in [5.74, 6) is -0.895. The molecule has 2 aromatic carbocycles. The van der Waals surface area contributed by atoms with Crippen molar-refractivity contribution < 1.29 is 23.8 Å². The van der Waals surface area contributed by atoms with Gasteiger partial charge in [0, 0.05) is 6.42 Å². The molecule has 2 aromatic rings. The van der Waals surface area contributed by atoms with Gasteiger partial charge in [0.05, 0.1) is 11.1 Å². The summed E-state index contributed by atoms with van der Waals surface area (Å²) in [5.41, 5.74) is 1.56. The minimum Gasteiger partial charge on any atom is -0.459 e. The fourth-order valence-corrected chi connectivity index (χ4v) is 2.48. The Morgan fingerprint density at radius 2 is 1.52 bits per heavy atom. The maximum absolute atomic E-state index is 12.1.